The highest BCUT2D eigenvalue weighted by molar-refractivity contribution is 7.73. The van der Waals surface area contributed by atoms with Crippen molar-refractivity contribution in [3.63, 3.8) is 0 Å². The Labute approximate surface area is 150 Å². The molecule has 0 unspecified atom stereocenters. The summed E-state index contributed by atoms with van der Waals surface area (Å²) in [7, 11) is 0. The van der Waals surface area contributed by atoms with Gasteiger partial charge in [0, 0.05) is 12.1 Å². The molecular formula is C16H13F2N3O2S2. The second-order valence-electron chi connectivity index (χ2n) is 4.99. The first-order valence-electron chi connectivity index (χ1n) is 7.34. The van der Waals surface area contributed by atoms with Gasteiger partial charge in [-0.05, 0) is 55.5 Å². The van der Waals surface area contributed by atoms with Crippen LogP contribution in [0.15, 0.2) is 36.4 Å². The number of carbonyl (C=O) groups excluding carboxylic acids is 1. The standard InChI is InChI=1S/C16H13F2N3O2S2/c1-2-21(12-8-7-11-13(20-12)25-16(24)19-11)14(22)9-3-5-10(6-4-9)23-15(17)18/h3-8,15H,2H2,1H3,(H,19,24). The predicted molar refractivity (Wildman–Crippen MR) is 95.2 cm³/mol. The lowest BCUT2D eigenvalue weighted by Gasteiger charge is -2.20. The van der Waals surface area contributed by atoms with E-state index in [1.807, 2.05) is 13.0 Å². The number of thiazole rings is 1. The number of aromatic nitrogens is 2. The number of H-pyrrole nitrogens is 1. The Balaban J connectivity index is 1.88. The lowest BCUT2D eigenvalue weighted by Crippen LogP contribution is -2.31. The fourth-order valence-corrected chi connectivity index (χ4v) is 3.37. The van der Waals surface area contributed by atoms with E-state index in [4.69, 9.17) is 12.2 Å². The van der Waals surface area contributed by atoms with Crippen molar-refractivity contribution in [1.29, 1.82) is 0 Å². The molecule has 1 aromatic carbocycles. The fraction of sp³-hybridized carbons (Fsp3) is 0.188. The second-order valence-corrected chi connectivity index (χ2v) is 6.65. The van der Waals surface area contributed by atoms with Crippen molar-refractivity contribution in [2.75, 3.05) is 11.4 Å². The van der Waals surface area contributed by atoms with Gasteiger partial charge >= 0.3 is 6.61 Å². The molecule has 0 aliphatic carbocycles. The van der Waals surface area contributed by atoms with Crippen molar-refractivity contribution in [2.45, 2.75) is 13.5 Å². The minimum Gasteiger partial charge on any atom is -0.435 e. The maximum Gasteiger partial charge on any atom is 0.387 e. The first kappa shape index (κ1) is 17.4. The van der Waals surface area contributed by atoms with E-state index < -0.39 is 6.61 Å². The summed E-state index contributed by atoms with van der Waals surface area (Å²) < 4.78 is 29.3. The van der Waals surface area contributed by atoms with Crippen molar-refractivity contribution in [1.82, 2.24) is 9.97 Å². The van der Waals surface area contributed by atoms with Crippen molar-refractivity contribution in [2.24, 2.45) is 0 Å². The number of rotatable bonds is 5. The highest BCUT2D eigenvalue weighted by Crippen LogP contribution is 2.23. The molecule has 0 atom stereocenters. The smallest absolute Gasteiger partial charge is 0.387 e. The van der Waals surface area contributed by atoms with Gasteiger partial charge in [-0.1, -0.05) is 11.3 Å². The van der Waals surface area contributed by atoms with E-state index in [0.29, 0.717) is 21.9 Å². The SMILES string of the molecule is CCN(C(=O)c1ccc(OC(F)F)cc1)c1ccc2[nH]c(=S)sc2n1. The van der Waals surface area contributed by atoms with E-state index in [2.05, 4.69) is 14.7 Å². The molecule has 0 radical (unpaired) electrons. The van der Waals surface area contributed by atoms with Crippen LogP contribution in [0.5, 0.6) is 5.75 Å². The van der Waals surface area contributed by atoms with Crippen molar-refractivity contribution < 1.29 is 18.3 Å². The normalized spacial score (nSPS) is 11.0. The Kier molecular flexibility index (Phi) is 5.05. The number of hydrogen-bond acceptors (Lipinski definition) is 5. The van der Waals surface area contributed by atoms with Gasteiger partial charge in [-0.3, -0.25) is 9.69 Å². The van der Waals surface area contributed by atoms with Crippen LogP contribution in [0.2, 0.25) is 0 Å². The molecule has 5 nitrogen and oxygen atoms in total. The van der Waals surface area contributed by atoms with Crippen LogP contribution in [0, 0.1) is 3.95 Å². The van der Waals surface area contributed by atoms with Crippen molar-refractivity contribution in [3.8, 4) is 5.75 Å². The number of amides is 1. The van der Waals surface area contributed by atoms with Crippen LogP contribution in [0.4, 0.5) is 14.6 Å². The third-order valence-corrected chi connectivity index (χ3v) is 4.58. The Bertz CT molecular complexity index is 954. The van der Waals surface area contributed by atoms with E-state index in [1.165, 1.54) is 40.5 Å². The fourth-order valence-electron chi connectivity index (χ4n) is 2.32. The lowest BCUT2D eigenvalue weighted by atomic mass is 10.2. The number of carbonyl (C=O) groups is 1. The summed E-state index contributed by atoms with van der Waals surface area (Å²) in [4.78, 5) is 22.4. The molecule has 0 spiro atoms. The Morgan fingerprint density at radius 2 is 2.04 bits per heavy atom. The summed E-state index contributed by atoms with van der Waals surface area (Å²) in [6.07, 6.45) is 0. The van der Waals surface area contributed by atoms with Gasteiger partial charge in [0.2, 0.25) is 0 Å². The number of alkyl halides is 2. The Morgan fingerprint density at radius 1 is 1.32 bits per heavy atom. The third-order valence-electron chi connectivity index (χ3n) is 3.44. The maximum atomic E-state index is 12.7. The largest absolute Gasteiger partial charge is 0.435 e. The topological polar surface area (TPSA) is 58.2 Å². The third kappa shape index (κ3) is 3.83. The van der Waals surface area contributed by atoms with Gasteiger partial charge in [0.05, 0.1) is 5.52 Å². The zero-order valence-electron chi connectivity index (χ0n) is 13.0. The molecule has 0 saturated carbocycles. The molecule has 1 amide bonds. The van der Waals surface area contributed by atoms with Crippen LogP contribution in [0.25, 0.3) is 10.3 Å². The number of pyridine rings is 1. The molecule has 0 aliphatic rings. The van der Waals surface area contributed by atoms with E-state index >= 15 is 0 Å². The van der Waals surface area contributed by atoms with Crippen LogP contribution in [-0.4, -0.2) is 29.0 Å². The van der Waals surface area contributed by atoms with Crippen LogP contribution in [0.3, 0.4) is 0 Å². The number of nitrogens with one attached hydrogen (secondary N) is 1. The van der Waals surface area contributed by atoms with Crippen molar-refractivity contribution >= 4 is 45.6 Å². The zero-order chi connectivity index (χ0) is 18.0. The number of halogens is 2. The minimum absolute atomic E-state index is 0.00115. The van der Waals surface area contributed by atoms with Crippen LogP contribution in [0.1, 0.15) is 17.3 Å². The predicted octanol–water partition coefficient (Wildman–Crippen LogP) is 4.62. The van der Waals surface area contributed by atoms with E-state index in [0.717, 1.165) is 10.3 Å². The minimum atomic E-state index is -2.90. The number of aromatic amines is 1. The molecule has 2 aromatic heterocycles. The molecule has 9 heteroatoms. The van der Waals surface area contributed by atoms with E-state index in [1.54, 1.807) is 6.07 Å². The maximum absolute atomic E-state index is 12.7. The van der Waals surface area contributed by atoms with Crippen LogP contribution in [-0.2, 0) is 0 Å². The number of benzene rings is 1. The summed E-state index contributed by atoms with van der Waals surface area (Å²) in [6.45, 7) is -0.666. The van der Waals surface area contributed by atoms with Gasteiger partial charge in [0.25, 0.3) is 5.91 Å². The highest BCUT2D eigenvalue weighted by atomic mass is 32.1. The monoisotopic (exact) mass is 381 g/mol. The second kappa shape index (κ2) is 7.24. The quantitative estimate of drug-likeness (QED) is 0.655. The van der Waals surface area contributed by atoms with Gasteiger partial charge in [0.15, 0.2) is 3.95 Å². The first-order valence-corrected chi connectivity index (χ1v) is 8.57. The van der Waals surface area contributed by atoms with Gasteiger partial charge in [-0.25, -0.2) is 4.98 Å². The molecule has 2 heterocycles. The number of nitrogens with zero attached hydrogens (tertiary/aromatic N) is 2. The molecule has 25 heavy (non-hydrogen) atoms. The lowest BCUT2D eigenvalue weighted by molar-refractivity contribution is -0.0498. The first-order chi connectivity index (χ1) is 12.0. The van der Waals surface area contributed by atoms with Gasteiger partial charge in [-0.2, -0.15) is 8.78 Å². The zero-order valence-corrected chi connectivity index (χ0v) is 14.7. The molecule has 3 aromatic rings. The Hall–Kier alpha value is -2.39. The van der Waals surface area contributed by atoms with Crippen LogP contribution >= 0.6 is 23.6 Å². The molecule has 1 N–H and O–H groups in total. The number of ether oxygens (including phenoxy) is 1. The average molecular weight is 381 g/mol. The number of anilines is 1. The van der Waals surface area contributed by atoms with Gasteiger partial charge in [0.1, 0.15) is 16.4 Å². The molecule has 3 rings (SSSR count). The highest BCUT2D eigenvalue weighted by Gasteiger charge is 2.18. The summed E-state index contributed by atoms with van der Waals surface area (Å²) >= 11 is 6.43. The van der Waals surface area contributed by atoms with Crippen LogP contribution < -0.4 is 9.64 Å². The van der Waals surface area contributed by atoms with E-state index in [-0.39, 0.29) is 11.7 Å². The summed E-state index contributed by atoms with van der Waals surface area (Å²) in [6, 6.07) is 9.11. The van der Waals surface area contributed by atoms with Gasteiger partial charge < -0.3 is 9.72 Å². The summed E-state index contributed by atoms with van der Waals surface area (Å²) in [5, 5.41) is 0. The Morgan fingerprint density at radius 3 is 2.68 bits per heavy atom. The summed E-state index contributed by atoms with van der Waals surface area (Å²) in [5.41, 5.74) is 1.17. The molecule has 0 fully saturated rings. The van der Waals surface area contributed by atoms with Gasteiger partial charge in [-0.15, -0.1) is 0 Å². The molecule has 0 aliphatic heterocycles. The number of fused-ring (bicyclic) bond motifs is 1. The van der Waals surface area contributed by atoms with E-state index in [9.17, 15) is 13.6 Å². The molecular weight excluding hydrogens is 368 g/mol. The molecule has 0 saturated heterocycles. The number of hydrogen-bond donors (Lipinski definition) is 1. The average Bonchev–Trinajstić information content (AvgIpc) is 2.95. The molecule has 0 bridgehead atoms. The molecule has 130 valence electrons. The summed E-state index contributed by atoms with van der Waals surface area (Å²) in [5.74, 6) is 0.219. The van der Waals surface area contributed by atoms with Crippen molar-refractivity contribution in [3.05, 3.63) is 45.9 Å².